The maximum Gasteiger partial charge on any atom is 0.251 e. The highest BCUT2D eigenvalue weighted by Gasteiger charge is 2.27. The number of rotatable bonds is 8. The van der Waals surface area contributed by atoms with Crippen molar-refractivity contribution in [1.82, 2.24) is 5.32 Å². The topological polar surface area (TPSA) is 66.5 Å². The quantitative estimate of drug-likeness (QED) is 0.552. The van der Waals surface area contributed by atoms with Crippen LogP contribution in [0.25, 0.3) is 0 Å². The molecule has 166 valence electrons. The van der Waals surface area contributed by atoms with Crippen molar-refractivity contribution in [2.24, 2.45) is 0 Å². The van der Waals surface area contributed by atoms with Crippen molar-refractivity contribution in [1.29, 1.82) is 0 Å². The molecule has 4 rings (SSSR count). The van der Waals surface area contributed by atoms with E-state index in [4.69, 9.17) is 0 Å². The summed E-state index contributed by atoms with van der Waals surface area (Å²) in [7, 11) is -3.30. The van der Waals surface area contributed by atoms with Crippen molar-refractivity contribution in [2.75, 3.05) is 17.1 Å². The summed E-state index contributed by atoms with van der Waals surface area (Å²) in [5.41, 5.74) is 4.50. The SMILES string of the molecule is CS(=O)(=O)N1CCc2cc(C(=O)NC(CCCc3ccccc3)c3ccccc3)ccc21. The lowest BCUT2D eigenvalue weighted by Crippen LogP contribution is -2.29. The van der Waals surface area contributed by atoms with Crippen molar-refractivity contribution in [2.45, 2.75) is 31.7 Å². The average molecular weight is 449 g/mol. The Kier molecular flexibility index (Phi) is 6.61. The van der Waals surface area contributed by atoms with E-state index in [0.29, 0.717) is 24.2 Å². The van der Waals surface area contributed by atoms with E-state index in [0.717, 1.165) is 30.4 Å². The van der Waals surface area contributed by atoms with Gasteiger partial charge in [0.15, 0.2) is 0 Å². The molecule has 0 aromatic heterocycles. The van der Waals surface area contributed by atoms with Crippen LogP contribution in [0.2, 0.25) is 0 Å². The highest BCUT2D eigenvalue weighted by Crippen LogP contribution is 2.31. The first kappa shape index (κ1) is 22.1. The van der Waals surface area contributed by atoms with Gasteiger partial charge in [0, 0.05) is 12.1 Å². The number of carbonyl (C=O) groups is 1. The van der Waals surface area contributed by atoms with Gasteiger partial charge in [-0.15, -0.1) is 0 Å². The Morgan fingerprint density at radius 1 is 1.00 bits per heavy atom. The van der Waals surface area contributed by atoms with Crippen molar-refractivity contribution >= 4 is 21.6 Å². The van der Waals surface area contributed by atoms with E-state index < -0.39 is 10.0 Å². The van der Waals surface area contributed by atoms with Crippen LogP contribution in [-0.2, 0) is 22.9 Å². The van der Waals surface area contributed by atoms with Crippen molar-refractivity contribution < 1.29 is 13.2 Å². The second-order valence-electron chi connectivity index (χ2n) is 8.24. The minimum absolute atomic E-state index is 0.0896. The number of hydrogen-bond donors (Lipinski definition) is 1. The minimum Gasteiger partial charge on any atom is -0.345 e. The van der Waals surface area contributed by atoms with Gasteiger partial charge < -0.3 is 5.32 Å². The Labute approximate surface area is 190 Å². The molecule has 0 bridgehead atoms. The molecule has 0 saturated carbocycles. The summed E-state index contributed by atoms with van der Waals surface area (Å²) < 4.78 is 25.3. The van der Waals surface area contributed by atoms with Gasteiger partial charge in [0.2, 0.25) is 10.0 Å². The molecule has 5 nitrogen and oxygen atoms in total. The number of hydrogen-bond acceptors (Lipinski definition) is 3. The second-order valence-corrected chi connectivity index (χ2v) is 10.1. The van der Waals surface area contributed by atoms with Crippen molar-refractivity contribution in [3.8, 4) is 0 Å². The fourth-order valence-electron chi connectivity index (χ4n) is 4.26. The Hall–Kier alpha value is -3.12. The van der Waals surface area contributed by atoms with Gasteiger partial charge in [0.05, 0.1) is 18.0 Å². The minimum atomic E-state index is -3.30. The molecule has 1 unspecified atom stereocenters. The monoisotopic (exact) mass is 448 g/mol. The number of fused-ring (bicyclic) bond motifs is 1. The van der Waals surface area contributed by atoms with E-state index >= 15 is 0 Å². The summed E-state index contributed by atoms with van der Waals surface area (Å²) in [5, 5.41) is 3.20. The van der Waals surface area contributed by atoms with Gasteiger partial charge in [0.25, 0.3) is 5.91 Å². The molecule has 32 heavy (non-hydrogen) atoms. The van der Waals surface area contributed by atoms with Gasteiger partial charge in [-0.3, -0.25) is 9.10 Å². The molecule has 1 aliphatic rings. The third-order valence-corrected chi connectivity index (χ3v) is 7.08. The van der Waals surface area contributed by atoms with Gasteiger partial charge in [0.1, 0.15) is 0 Å². The largest absolute Gasteiger partial charge is 0.345 e. The molecule has 0 spiro atoms. The first-order valence-corrected chi connectivity index (χ1v) is 12.8. The normalized spacial score (nSPS) is 14.1. The van der Waals surface area contributed by atoms with Crippen LogP contribution < -0.4 is 9.62 Å². The lowest BCUT2D eigenvalue weighted by Gasteiger charge is -2.20. The highest BCUT2D eigenvalue weighted by molar-refractivity contribution is 7.92. The first-order valence-electron chi connectivity index (χ1n) is 10.9. The van der Waals surface area contributed by atoms with Gasteiger partial charge >= 0.3 is 0 Å². The lowest BCUT2D eigenvalue weighted by molar-refractivity contribution is 0.0934. The van der Waals surface area contributed by atoms with Crippen LogP contribution in [0.5, 0.6) is 0 Å². The van der Waals surface area contributed by atoms with E-state index in [1.807, 2.05) is 54.6 Å². The van der Waals surface area contributed by atoms with Gasteiger partial charge in [-0.05, 0) is 60.6 Å². The van der Waals surface area contributed by atoms with Gasteiger partial charge in [-0.2, -0.15) is 0 Å². The Morgan fingerprint density at radius 2 is 1.69 bits per heavy atom. The second kappa shape index (κ2) is 9.57. The fraction of sp³-hybridized carbons (Fsp3) is 0.269. The Bertz CT molecular complexity index is 1180. The number of sulfonamides is 1. The molecule has 3 aromatic rings. The third-order valence-electron chi connectivity index (χ3n) is 5.90. The zero-order valence-corrected chi connectivity index (χ0v) is 19.0. The van der Waals surface area contributed by atoms with Crippen LogP contribution in [0, 0.1) is 0 Å². The van der Waals surface area contributed by atoms with Crippen molar-refractivity contribution in [3.63, 3.8) is 0 Å². The standard InChI is InChI=1S/C26H28N2O3S/c1-32(30,31)28-18-17-22-19-23(15-16-25(22)28)26(29)27-24(21-12-6-3-7-13-21)14-8-11-20-9-4-2-5-10-20/h2-7,9-10,12-13,15-16,19,24H,8,11,14,17-18H2,1H3,(H,27,29). The van der Waals surface area contributed by atoms with Crippen LogP contribution in [0.15, 0.2) is 78.9 Å². The zero-order chi connectivity index (χ0) is 22.6. The Balaban J connectivity index is 1.48. The smallest absolute Gasteiger partial charge is 0.251 e. The number of carbonyl (C=O) groups excluding carboxylic acids is 1. The lowest BCUT2D eigenvalue weighted by atomic mass is 9.98. The summed E-state index contributed by atoms with van der Waals surface area (Å²) in [4.78, 5) is 13.1. The molecule has 6 heteroatoms. The number of nitrogens with zero attached hydrogens (tertiary/aromatic N) is 1. The number of benzene rings is 3. The van der Waals surface area contributed by atoms with E-state index in [-0.39, 0.29) is 11.9 Å². The molecule has 0 fully saturated rings. The molecule has 1 aliphatic heterocycles. The molecule has 0 aliphatic carbocycles. The molecule has 1 heterocycles. The van der Waals surface area contributed by atoms with E-state index in [1.54, 1.807) is 12.1 Å². The van der Waals surface area contributed by atoms with Crippen LogP contribution in [0.1, 0.15) is 45.9 Å². The van der Waals surface area contributed by atoms with Crippen molar-refractivity contribution in [3.05, 3.63) is 101 Å². The summed E-state index contributed by atoms with van der Waals surface area (Å²) in [6, 6.07) is 25.6. The molecule has 3 aromatic carbocycles. The summed E-state index contributed by atoms with van der Waals surface area (Å²) in [6.07, 6.45) is 4.57. The van der Waals surface area contributed by atoms with Crippen LogP contribution >= 0.6 is 0 Å². The van der Waals surface area contributed by atoms with Crippen LogP contribution in [-0.4, -0.2) is 27.1 Å². The first-order chi connectivity index (χ1) is 15.4. The maximum atomic E-state index is 13.1. The molecule has 1 amide bonds. The maximum absolute atomic E-state index is 13.1. The zero-order valence-electron chi connectivity index (χ0n) is 18.2. The predicted molar refractivity (Wildman–Crippen MR) is 128 cm³/mol. The summed E-state index contributed by atoms with van der Waals surface area (Å²) in [6.45, 7) is 0.422. The third kappa shape index (κ3) is 5.19. The molecular weight excluding hydrogens is 420 g/mol. The van der Waals surface area contributed by atoms with E-state index in [9.17, 15) is 13.2 Å². The number of aryl methyl sites for hydroxylation is 1. The van der Waals surface area contributed by atoms with Crippen LogP contribution in [0.3, 0.4) is 0 Å². The molecule has 1 N–H and O–H groups in total. The number of amides is 1. The Morgan fingerprint density at radius 3 is 2.38 bits per heavy atom. The molecule has 0 radical (unpaired) electrons. The summed E-state index contributed by atoms with van der Waals surface area (Å²) in [5.74, 6) is -0.140. The number of nitrogens with one attached hydrogen (secondary N) is 1. The summed E-state index contributed by atoms with van der Waals surface area (Å²) >= 11 is 0. The molecular formula is C26H28N2O3S. The average Bonchev–Trinajstić information content (AvgIpc) is 3.23. The predicted octanol–water partition coefficient (Wildman–Crippen LogP) is 4.50. The molecule has 0 saturated heterocycles. The van der Waals surface area contributed by atoms with Gasteiger partial charge in [-0.25, -0.2) is 8.42 Å². The van der Waals surface area contributed by atoms with Gasteiger partial charge in [-0.1, -0.05) is 60.7 Å². The van der Waals surface area contributed by atoms with E-state index in [1.165, 1.54) is 16.1 Å². The fourth-order valence-corrected chi connectivity index (χ4v) is 5.22. The van der Waals surface area contributed by atoms with E-state index in [2.05, 4.69) is 17.4 Å². The highest BCUT2D eigenvalue weighted by atomic mass is 32.2. The van der Waals surface area contributed by atoms with Crippen LogP contribution in [0.4, 0.5) is 5.69 Å². The number of anilines is 1. The molecule has 1 atom stereocenters.